The second-order valence-corrected chi connectivity index (χ2v) is 6.60. The first-order chi connectivity index (χ1) is 12.1. The number of aromatic carboxylic acids is 1. The number of amides is 1. The molecule has 1 aromatic heterocycles. The molecule has 0 spiro atoms. The Kier molecular flexibility index (Phi) is 5.69. The highest BCUT2D eigenvalue weighted by atomic mass is 16.5. The van der Waals surface area contributed by atoms with Gasteiger partial charge in [0.05, 0.1) is 29.0 Å². The maximum absolute atomic E-state index is 12.8. The smallest absolute Gasteiger partial charge is 0.335 e. The molecule has 1 atom stereocenters. The van der Waals surface area contributed by atoms with Crippen molar-refractivity contribution in [1.82, 2.24) is 9.78 Å². The van der Waals surface area contributed by atoms with Crippen LogP contribution in [0, 0.1) is 13.8 Å². The zero-order valence-corrected chi connectivity index (χ0v) is 16.0. The average molecular weight is 359 g/mol. The molecule has 1 aromatic carbocycles. The van der Waals surface area contributed by atoms with Gasteiger partial charge >= 0.3 is 5.97 Å². The fraction of sp³-hybridized carbons (Fsp3) is 0.421. The molecule has 2 rings (SSSR count). The Hall–Kier alpha value is -2.83. The molecule has 0 radical (unpaired) electrons. The molecule has 1 amide bonds. The lowest BCUT2D eigenvalue weighted by molar-refractivity contribution is -0.117. The highest BCUT2D eigenvalue weighted by molar-refractivity contribution is 5.98. The number of carbonyl (C=O) groups is 2. The summed E-state index contributed by atoms with van der Waals surface area (Å²) in [6.07, 6.45) is -0.110. The minimum Gasteiger partial charge on any atom is -0.489 e. The van der Waals surface area contributed by atoms with E-state index in [4.69, 9.17) is 4.74 Å². The van der Waals surface area contributed by atoms with E-state index < -0.39 is 11.9 Å². The van der Waals surface area contributed by atoms with Gasteiger partial charge in [-0.2, -0.15) is 5.10 Å². The Balaban J connectivity index is 2.34. The van der Waals surface area contributed by atoms with E-state index in [0.29, 0.717) is 11.4 Å². The standard InChI is InChI=1S/C19H25N3O4/c1-10(2)26-16-8-7-14(19(24)25)9-15(16)20-18(23)11(3)17-12(4)21-22(6)13(17)5/h7-11H,1-6H3,(H,20,23)(H,24,25). The van der Waals surface area contributed by atoms with Crippen molar-refractivity contribution in [3.63, 3.8) is 0 Å². The van der Waals surface area contributed by atoms with Crippen molar-refractivity contribution in [1.29, 1.82) is 0 Å². The van der Waals surface area contributed by atoms with Crippen LogP contribution in [0.2, 0.25) is 0 Å². The highest BCUT2D eigenvalue weighted by Crippen LogP contribution is 2.30. The summed E-state index contributed by atoms with van der Waals surface area (Å²) >= 11 is 0. The van der Waals surface area contributed by atoms with Gasteiger partial charge in [-0.3, -0.25) is 9.48 Å². The predicted molar refractivity (Wildman–Crippen MR) is 98.9 cm³/mol. The fourth-order valence-electron chi connectivity index (χ4n) is 2.91. The molecule has 26 heavy (non-hydrogen) atoms. The maximum atomic E-state index is 12.8. The van der Waals surface area contributed by atoms with Crippen LogP contribution < -0.4 is 10.1 Å². The number of rotatable bonds is 6. The second kappa shape index (κ2) is 7.59. The van der Waals surface area contributed by atoms with Gasteiger partial charge in [0, 0.05) is 18.3 Å². The largest absolute Gasteiger partial charge is 0.489 e. The van der Waals surface area contributed by atoms with E-state index >= 15 is 0 Å². The summed E-state index contributed by atoms with van der Waals surface area (Å²) < 4.78 is 7.44. The van der Waals surface area contributed by atoms with Crippen LogP contribution in [-0.2, 0) is 11.8 Å². The van der Waals surface area contributed by atoms with Crippen molar-refractivity contribution in [3.8, 4) is 5.75 Å². The van der Waals surface area contributed by atoms with E-state index in [2.05, 4.69) is 10.4 Å². The number of anilines is 1. The van der Waals surface area contributed by atoms with Crippen molar-refractivity contribution in [3.05, 3.63) is 40.7 Å². The minimum atomic E-state index is -1.07. The third-order valence-corrected chi connectivity index (χ3v) is 4.24. The molecule has 1 heterocycles. The van der Waals surface area contributed by atoms with Crippen LogP contribution in [0.25, 0.3) is 0 Å². The van der Waals surface area contributed by atoms with Crippen molar-refractivity contribution in [2.75, 3.05) is 5.32 Å². The van der Waals surface area contributed by atoms with Gasteiger partial charge in [-0.05, 0) is 52.8 Å². The Morgan fingerprint density at radius 2 is 1.88 bits per heavy atom. The minimum absolute atomic E-state index is 0.0813. The number of carbonyl (C=O) groups excluding carboxylic acids is 1. The quantitative estimate of drug-likeness (QED) is 0.826. The zero-order chi connectivity index (χ0) is 19.6. The van der Waals surface area contributed by atoms with E-state index in [-0.39, 0.29) is 17.6 Å². The molecule has 0 aliphatic rings. The van der Waals surface area contributed by atoms with Crippen LogP contribution in [0.3, 0.4) is 0 Å². The van der Waals surface area contributed by atoms with Crippen LogP contribution in [0.5, 0.6) is 5.75 Å². The third-order valence-electron chi connectivity index (χ3n) is 4.24. The first kappa shape index (κ1) is 19.5. The van der Waals surface area contributed by atoms with E-state index in [1.807, 2.05) is 34.7 Å². The number of aryl methyl sites for hydroxylation is 2. The van der Waals surface area contributed by atoms with Gasteiger partial charge in [0.1, 0.15) is 5.75 Å². The molecular formula is C19H25N3O4. The lowest BCUT2D eigenvalue weighted by Crippen LogP contribution is -2.21. The molecule has 0 aliphatic carbocycles. The monoisotopic (exact) mass is 359 g/mol. The number of benzene rings is 1. The van der Waals surface area contributed by atoms with Crippen LogP contribution in [0.15, 0.2) is 18.2 Å². The molecule has 7 heteroatoms. The molecule has 2 aromatic rings. The lowest BCUT2D eigenvalue weighted by Gasteiger charge is -2.18. The molecule has 0 bridgehead atoms. The molecule has 1 unspecified atom stereocenters. The number of nitrogens with one attached hydrogen (secondary N) is 1. The Labute approximate surface area is 153 Å². The first-order valence-corrected chi connectivity index (χ1v) is 8.46. The van der Waals surface area contributed by atoms with E-state index in [1.165, 1.54) is 12.1 Å². The van der Waals surface area contributed by atoms with Crippen molar-refractivity contribution >= 4 is 17.6 Å². The van der Waals surface area contributed by atoms with Crippen molar-refractivity contribution in [2.24, 2.45) is 7.05 Å². The molecule has 0 saturated carbocycles. The summed E-state index contributed by atoms with van der Waals surface area (Å²) in [4.78, 5) is 24.0. The number of carboxylic acid groups (broad SMARTS) is 1. The molecule has 140 valence electrons. The summed E-state index contributed by atoms with van der Waals surface area (Å²) in [7, 11) is 1.83. The lowest BCUT2D eigenvalue weighted by atomic mass is 9.98. The molecule has 0 saturated heterocycles. The van der Waals surface area contributed by atoms with Crippen molar-refractivity contribution < 1.29 is 19.4 Å². The normalized spacial score (nSPS) is 12.1. The number of carboxylic acids is 1. The number of ether oxygens (including phenoxy) is 1. The van der Waals surface area contributed by atoms with Crippen molar-refractivity contribution in [2.45, 2.75) is 46.6 Å². The topological polar surface area (TPSA) is 93.5 Å². The van der Waals surface area contributed by atoms with Crippen LogP contribution >= 0.6 is 0 Å². The van der Waals surface area contributed by atoms with Crippen LogP contribution in [-0.4, -0.2) is 32.9 Å². The SMILES string of the molecule is Cc1nn(C)c(C)c1C(C)C(=O)Nc1cc(C(=O)O)ccc1OC(C)C. The van der Waals surface area contributed by atoms with Gasteiger partial charge < -0.3 is 15.2 Å². The van der Waals surface area contributed by atoms with E-state index in [1.54, 1.807) is 17.7 Å². The Bertz CT molecular complexity index is 840. The number of hydrogen-bond donors (Lipinski definition) is 2. The van der Waals surface area contributed by atoms with Gasteiger partial charge in [0.2, 0.25) is 5.91 Å². The molecule has 2 N–H and O–H groups in total. The predicted octanol–water partition coefficient (Wildman–Crippen LogP) is 3.26. The molecule has 0 aliphatic heterocycles. The van der Waals surface area contributed by atoms with Gasteiger partial charge in [0.25, 0.3) is 0 Å². The van der Waals surface area contributed by atoms with Gasteiger partial charge in [0.15, 0.2) is 0 Å². The number of aromatic nitrogens is 2. The van der Waals surface area contributed by atoms with Gasteiger partial charge in [-0.25, -0.2) is 4.79 Å². The molecular weight excluding hydrogens is 334 g/mol. The molecule has 7 nitrogen and oxygen atoms in total. The maximum Gasteiger partial charge on any atom is 0.335 e. The van der Waals surface area contributed by atoms with Gasteiger partial charge in [-0.1, -0.05) is 0 Å². The van der Waals surface area contributed by atoms with Crippen LogP contribution in [0.1, 0.15) is 54.0 Å². The summed E-state index contributed by atoms with van der Waals surface area (Å²) in [5, 5.41) is 16.4. The third kappa shape index (κ3) is 4.04. The Morgan fingerprint density at radius 3 is 2.38 bits per heavy atom. The summed E-state index contributed by atoms with van der Waals surface area (Å²) in [5.74, 6) is -1.32. The van der Waals surface area contributed by atoms with Crippen LogP contribution in [0.4, 0.5) is 5.69 Å². The van der Waals surface area contributed by atoms with E-state index in [9.17, 15) is 14.7 Å². The Morgan fingerprint density at radius 1 is 1.23 bits per heavy atom. The fourth-order valence-corrected chi connectivity index (χ4v) is 2.91. The summed E-state index contributed by atoms with van der Waals surface area (Å²) in [6, 6.07) is 4.42. The zero-order valence-electron chi connectivity index (χ0n) is 16.0. The average Bonchev–Trinajstić information content (AvgIpc) is 2.80. The van der Waals surface area contributed by atoms with E-state index in [0.717, 1.165) is 17.0 Å². The summed E-state index contributed by atoms with van der Waals surface area (Å²) in [6.45, 7) is 9.31. The number of nitrogens with zero attached hydrogens (tertiary/aromatic N) is 2. The summed E-state index contributed by atoms with van der Waals surface area (Å²) in [5.41, 5.74) is 3.01. The highest BCUT2D eigenvalue weighted by Gasteiger charge is 2.24. The molecule has 0 fully saturated rings. The second-order valence-electron chi connectivity index (χ2n) is 6.60. The first-order valence-electron chi connectivity index (χ1n) is 8.46. The van der Waals surface area contributed by atoms with Gasteiger partial charge in [-0.15, -0.1) is 0 Å². The number of hydrogen-bond acceptors (Lipinski definition) is 4.